The summed E-state index contributed by atoms with van der Waals surface area (Å²) in [7, 11) is 0. The number of hydrogen-bond acceptors (Lipinski definition) is 6. The van der Waals surface area contributed by atoms with E-state index in [0.29, 0.717) is 42.8 Å². The number of rotatable bonds is 19. The fourth-order valence-corrected chi connectivity index (χ4v) is 7.22. The molecule has 53 heavy (non-hydrogen) atoms. The van der Waals surface area contributed by atoms with E-state index in [1.165, 1.54) is 19.4 Å². The number of unbranched alkanes of at least 4 members (excludes halogenated alkanes) is 6. The number of benzene rings is 2. The molecule has 0 spiro atoms. The number of nitrogens with one attached hydrogen (secondary N) is 1. The maximum atomic E-state index is 14.7. The Morgan fingerprint density at radius 2 is 1.75 bits per heavy atom. The van der Waals surface area contributed by atoms with Crippen molar-refractivity contribution in [3.05, 3.63) is 108 Å². The van der Waals surface area contributed by atoms with E-state index in [0.717, 1.165) is 60.7 Å². The van der Waals surface area contributed by atoms with Gasteiger partial charge in [0.15, 0.2) is 5.78 Å². The van der Waals surface area contributed by atoms with Gasteiger partial charge in [-0.25, -0.2) is 14.4 Å². The monoisotopic (exact) mass is 741 g/mol. The van der Waals surface area contributed by atoms with E-state index in [2.05, 4.69) is 28.4 Å². The normalized spacial score (nSPS) is 15.5. The van der Waals surface area contributed by atoms with Gasteiger partial charge in [0, 0.05) is 60.4 Å². The number of carbonyl (C=O) groups excluding carboxylic acids is 3. The summed E-state index contributed by atoms with van der Waals surface area (Å²) >= 11 is 5.99. The van der Waals surface area contributed by atoms with Crippen molar-refractivity contribution >= 4 is 40.1 Å². The van der Waals surface area contributed by atoms with Crippen molar-refractivity contribution in [2.24, 2.45) is 0 Å². The van der Waals surface area contributed by atoms with Gasteiger partial charge in [-0.15, -0.1) is 13.2 Å². The molecule has 0 unspecified atom stereocenters. The molecule has 4 aromatic rings. The molecule has 0 radical (unpaired) electrons. The van der Waals surface area contributed by atoms with Crippen LogP contribution >= 0.6 is 11.6 Å². The Kier molecular flexibility index (Phi) is 14.1. The number of ketones is 1. The number of amides is 2. The van der Waals surface area contributed by atoms with Crippen LogP contribution < -0.4 is 5.32 Å². The van der Waals surface area contributed by atoms with Gasteiger partial charge in [-0.1, -0.05) is 61.6 Å². The first-order valence-corrected chi connectivity index (χ1v) is 18.8. The van der Waals surface area contributed by atoms with E-state index in [1.807, 2.05) is 25.1 Å². The van der Waals surface area contributed by atoms with Gasteiger partial charge >= 0.3 is 0 Å². The Morgan fingerprint density at radius 3 is 2.47 bits per heavy atom. The van der Waals surface area contributed by atoms with Crippen LogP contribution in [0.4, 0.5) is 4.39 Å². The zero-order chi connectivity index (χ0) is 37.9. The summed E-state index contributed by atoms with van der Waals surface area (Å²) in [6, 6.07) is 7.66. The van der Waals surface area contributed by atoms with Crippen LogP contribution in [0.1, 0.15) is 85.6 Å². The van der Waals surface area contributed by atoms with Gasteiger partial charge in [0.1, 0.15) is 24.2 Å². The molecule has 2 atom stereocenters. The van der Waals surface area contributed by atoms with Crippen LogP contribution in [0.2, 0.25) is 5.02 Å². The molecule has 1 aliphatic rings. The first kappa shape index (κ1) is 39.5. The predicted octanol–water partition coefficient (Wildman–Crippen LogP) is 8.35. The van der Waals surface area contributed by atoms with Crippen LogP contribution in [0.5, 0.6) is 0 Å². The number of Topliss-reactive ketones (excluding diaryl/α,β-unsaturated/α-hetero) is 1. The van der Waals surface area contributed by atoms with Crippen molar-refractivity contribution in [2.45, 2.75) is 96.9 Å². The molecule has 0 aliphatic carbocycles. The third-order valence-corrected chi connectivity index (χ3v) is 10.1. The second kappa shape index (κ2) is 18.9. The van der Waals surface area contributed by atoms with Crippen LogP contribution in [0.25, 0.3) is 22.0 Å². The summed E-state index contributed by atoms with van der Waals surface area (Å²) in [6.45, 7) is 11.6. The van der Waals surface area contributed by atoms with Crippen LogP contribution in [0, 0.1) is 12.7 Å². The Morgan fingerprint density at radius 1 is 1.02 bits per heavy atom. The minimum absolute atomic E-state index is 0.0321. The van der Waals surface area contributed by atoms with Crippen LogP contribution in [-0.4, -0.2) is 62.3 Å². The second-order valence-electron chi connectivity index (χ2n) is 13.6. The molecule has 5 rings (SSSR count). The molecule has 1 fully saturated rings. The van der Waals surface area contributed by atoms with Gasteiger partial charge in [-0.05, 0) is 75.3 Å². The summed E-state index contributed by atoms with van der Waals surface area (Å²) in [4.78, 5) is 51.3. The maximum Gasteiger partial charge on any atom is 0.245 e. The third kappa shape index (κ3) is 9.86. The van der Waals surface area contributed by atoms with E-state index in [-0.39, 0.29) is 35.4 Å². The zero-order valence-electron chi connectivity index (χ0n) is 30.7. The van der Waals surface area contributed by atoms with Gasteiger partial charge in [0.05, 0.1) is 16.6 Å². The number of aryl methyl sites for hydroxylation is 1. The average Bonchev–Trinajstić information content (AvgIpc) is 3.74. The Hall–Kier alpha value is -4.67. The molecule has 1 aliphatic heterocycles. The lowest BCUT2D eigenvalue weighted by Gasteiger charge is -2.28. The number of likely N-dealkylation sites (tertiary alicyclic amines) is 1. The number of nitrogens with zero attached hydrogens (tertiary/aromatic N) is 4. The molecule has 11 heteroatoms. The van der Waals surface area contributed by atoms with Crippen molar-refractivity contribution < 1.29 is 23.5 Å². The number of aromatic nitrogens is 3. The molecule has 3 heterocycles. The SMILES string of the molecule is C=CCCCCCCCCO[C@@H]1CCN(C(=O)Cn2cc(C(C)=O)c3cc(-c4cnc(C)nc4)cc(CC=C)c32)[C@@H]1C(=O)NCc1cccc(Cl)c1F. The van der Waals surface area contributed by atoms with Crippen LogP contribution in [0.3, 0.4) is 0 Å². The molecule has 1 saturated heterocycles. The highest BCUT2D eigenvalue weighted by Crippen LogP contribution is 2.33. The third-order valence-electron chi connectivity index (χ3n) is 9.77. The average molecular weight is 742 g/mol. The summed E-state index contributed by atoms with van der Waals surface area (Å²) in [5.74, 6) is -0.807. The first-order chi connectivity index (χ1) is 25.6. The summed E-state index contributed by atoms with van der Waals surface area (Å²) in [5, 5.41) is 3.51. The van der Waals surface area contributed by atoms with Gasteiger partial charge in [0.2, 0.25) is 11.8 Å². The lowest BCUT2D eigenvalue weighted by Crippen LogP contribution is -2.51. The molecule has 2 aromatic heterocycles. The number of carbonyl (C=O) groups is 3. The fourth-order valence-electron chi connectivity index (χ4n) is 7.02. The standard InChI is InChI=1S/C42H49ClFN5O4/c1-5-7-8-9-10-11-12-13-20-53-37-18-19-49(41(37)42(52)47-23-31-16-14-17-36(43)39(31)44)38(51)27-48-26-35(28(3)50)34-22-32(21-30(15-6-2)40(34)48)33-24-45-29(4)46-25-33/h5-6,14,16-17,21-22,24-26,37,41H,1-2,7-13,15,18-20,23,27H2,3-4H3,(H,47,52)/t37-,41+/m1/s1. The Bertz CT molecular complexity index is 1940. The fraction of sp³-hybridized carbons (Fsp3) is 0.405. The molecule has 280 valence electrons. The smallest absolute Gasteiger partial charge is 0.245 e. The number of allylic oxidation sites excluding steroid dienone is 2. The molecule has 2 aromatic carbocycles. The molecule has 0 bridgehead atoms. The molecular formula is C42H49ClFN5O4. The minimum Gasteiger partial charge on any atom is -0.375 e. The lowest BCUT2D eigenvalue weighted by atomic mass is 9.98. The second-order valence-corrected chi connectivity index (χ2v) is 14.0. The minimum atomic E-state index is -0.918. The first-order valence-electron chi connectivity index (χ1n) is 18.4. The largest absolute Gasteiger partial charge is 0.375 e. The Labute approximate surface area is 316 Å². The highest BCUT2D eigenvalue weighted by atomic mass is 35.5. The quantitative estimate of drug-likeness (QED) is 0.0589. The van der Waals surface area contributed by atoms with Crippen molar-refractivity contribution in [3.63, 3.8) is 0 Å². The molecular weight excluding hydrogens is 693 g/mol. The van der Waals surface area contributed by atoms with E-state index < -0.39 is 23.9 Å². The van der Waals surface area contributed by atoms with Crippen molar-refractivity contribution in [1.82, 2.24) is 24.8 Å². The van der Waals surface area contributed by atoms with Crippen LogP contribution in [0.15, 0.2) is 74.2 Å². The molecule has 1 N–H and O–H groups in total. The number of hydrogen-bond donors (Lipinski definition) is 1. The van der Waals surface area contributed by atoms with E-state index in [1.54, 1.807) is 46.3 Å². The highest BCUT2D eigenvalue weighted by Gasteiger charge is 2.42. The van der Waals surface area contributed by atoms with E-state index in [4.69, 9.17) is 16.3 Å². The molecule has 2 amide bonds. The van der Waals surface area contributed by atoms with E-state index >= 15 is 0 Å². The lowest BCUT2D eigenvalue weighted by molar-refractivity contribution is -0.142. The van der Waals surface area contributed by atoms with Crippen molar-refractivity contribution in [1.29, 1.82) is 0 Å². The van der Waals surface area contributed by atoms with Gasteiger partial charge in [-0.3, -0.25) is 14.4 Å². The summed E-state index contributed by atoms with van der Waals surface area (Å²) < 4.78 is 22.8. The molecule has 9 nitrogen and oxygen atoms in total. The van der Waals surface area contributed by atoms with E-state index in [9.17, 15) is 18.8 Å². The van der Waals surface area contributed by atoms with Crippen molar-refractivity contribution in [2.75, 3.05) is 13.2 Å². The maximum absolute atomic E-state index is 14.7. The van der Waals surface area contributed by atoms with Crippen molar-refractivity contribution in [3.8, 4) is 11.1 Å². The summed E-state index contributed by atoms with van der Waals surface area (Å²) in [6.07, 6.45) is 16.9. The zero-order valence-corrected chi connectivity index (χ0v) is 31.5. The number of halogens is 2. The number of ether oxygens (including phenoxy) is 1. The van der Waals surface area contributed by atoms with Gasteiger partial charge in [-0.2, -0.15) is 0 Å². The topological polar surface area (TPSA) is 106 Å². The van der Waals surface area contributed by atoms with Crippen LogP contribution in [-0.2, 0) is 33.8 Å². The highest BCUT2D eigenvalue weighted by molar-refractivity contribution is 6.30. The van der Waals surface area contributed by atoms with Gasteiger partial charge in [0.25, 0.3) is 0 Å². The van der Waals surface area contributed by atoms with Gasteiger partial charge < -0.3 is 19.5 Å². The number of fused-ring (bicyclic) bond motifs is 1. The molecule has 0 saturated carbocycles. The predicted molar refractivity (Wildman–Crippen MR) is 207 cm³/mol. The Balaban J connectivity index is 1.38. The summed E-state index contributed by atoms with van der Waals surface area (Å²) in [5.41, 5.74) is 4.01.